The molecule has 0 saturated carbocycles. The van der Waals surface area contributed by atoms with Crippen molar-refractivity contribution in [2.45, 2.75) is 32.6 Å². The third-order valence-corrected chi connectivity index (χ3v) is 5.19. The SMILES string of the molecule is Cc1ccc(NC(=O)COC(=O)CCCCCN2C(=O)c3ccccc3C2=O)cc1[N+](=O)[O-]. The van der Waals surface area contributed by atoms with Crippen LogP contribution in [0.2, 0.25) is 0 Å². The van der Waals surface area contributed by atoms with Gasteiger partial charge in [0.25, 0.3) is 23.4 Å². The number of aryl methyl sites for hydroxylation is 1. The Morgan fingerprint density at radius 1 is 1.03 bits per heavy atom. The van der Waals surface area contributed by atoms with Crippen molar-refractivity contribution in [3.05, 3.63) is 69.3 Å². The molecule has 0 radical (unpaired) electrons. The second-order valence-corrected chi connectivity index (χ2v) is 7.59. The van der Waals surface area contributed by atoms with Gasteiger partial charge in [-0.05, 0) is 38.0 Å². The van der Waals surface area contributed by atoms with Gasteiger partial charge >= 0.3 is 5.97 Å². The maximum atomic E-state index is 12.3. The molecule has 1 heterocycles. The Morgan fingerprint density at radius 2 is 1.70 bits per heavy atom. The Kier molecular flexibility index (Phi) is 7.50. The average molecular weight is 453 g/mol. The van der Waals surface area contributed by atoms with Crippen LogP contribution in [-0.4, -0.2) is 46.7 Å². The number of unbranched alkanes of at least 4 members (excludes halogenated alkanes) is 2. The number of nitro groups is 1. The zero-order chi connectivity index (χ0) is 24.0. The molecule has 3 amide bonds. The maximum Gasteiger partial charge on any atom is 0.306 e. The third kappa shape index (κ3) is 5.79. The van der Waals surface area contributed by atoms with Gasteiger partial charge in [-0.15, -0.1) is 0 Å². The van der Waals surface area contributed by atoms with E-state index in [4.69, 9.17) is 4.74 Å². The van der Waals surface area contributed by atoms with E-state index in [1.165, 1.54) is 23.1 Å². The first-order valence-electron chi connectivity index (χ1n) is 10.4. The molecule has 2 aromatic carbocycles. The molecule has 2 aromatic rings. The molecule has 0 bridgehead atoms. The van der Waals surface area contributed by atoms with Crippen molar-refractivity contribution in [3.8, 4) is 0 Å². The van der Waals surface area contributed by atoms with Crippen molar-refractivity contribution in [3.63, 3.8) is 0 Å². The summed E-state index contributed by atoms with van der Waals surface area (Å²) in [6.07, 6.45) is 1.71. The molecule has 1 aliphatic rings. The first kappa shape index (κ1) is 23.6. The minimum atomic E-state index is -0.605. The summed E-state index contributed by atoms with van der Waals surface area (Å²) in [6, 6.07) is 11.0. The molecule has 0 aliphatic carbocycles. The summed E-state index contributed by atoms with van der Waals surface area (Å²) >= 11 is 0. The first-order valence-corrected chi connectivity index (χ1v) is 10.4. The predicted octanol–water partition coefficient (Wildman–Crippen LogP) is 3.24. The van der Waals surface area contributed by atoms with E-state index in [2.05, 4.69) is 5.32 Å². The van der Waals surface area contributed by atoms with Crippen LogP contribution in [0.4, 0.5) is 11.4 Å². The predicted molar refractivity (Wildman–Crippen MR) is 118 cm³/mol. The highest BCUT2D eigenvalue weighted by molar-refractivity contribution is 6.21. The van der Waals surface area contributed by atoms with E-state index in [1.807, 2.05) is 0 Å². The van der Waals surface area contributed by atoms with Crippen molar-refractivity contribution in [2.75, 3.05) is 18.5 Å². The van der Waals surface area contributed by atoms with Crippen LogP contribution in [0, 0.1) is 17.0 Å². The smallest absolute Gasteiger partial charge is 0.306 e. The summed E-state index contributed by atoms with van der Waals surface area (Å²) in [7, 11) is 0. The van der Waals surface area contributed by atoms with Gasteiger partial charge < -0.3 is 10.1 Å². The Morgan fingerprint density at radius 3 is 2.33 bits per heavy atom. The average Bonchev–Trinajstić information content (AvgIpc) is 3.03. The molecule has 10 nitrogen and oxygen atoms in total. The van der Waals surface area contributed by atoms with Gasteiger partial charge in [0.2, 0.25) is 0 Å². The van der Waals surface area contributed by atoms with E-state index in [0.717, 1.165) is 0 Å². The van der Waals surface area contributed by atoms with Crippen LogP contribution < -0.4 is 5.32 Å². The quantitative estimate of drug-likeness (QED) is 0.192. The van der Waals surface area contributed by atoms with Gasteiger partial charge in [-0.25, -0.2) is 0 Å². The lowest BCUT2D eigenvalue weighted by Crippen LogP contribution is -2.30. The van der Waals surface area contributed by atoms with Gasteiger partial charge in [0.15, 0.2) is 6.61 Å². The molecule has 172 valence electrons. The van der Waals surface area contributed by atoms with E-state index in [1.54, 1.807) is 31.2 Å². The fourth-order valence-corrected chi connectivity index (χ4v) is 3.46. The zero-order valence-corrected chi connectivity index (χ0v) is 18.0. The highest BCUT2D eigenvalue weighted by atomic mass is 16.6. The monoisotopic (exact) mass is 453 g/mol. The van der Waals surface area contributed by atoms with Gasteiger partial charge in [0.05, 0.1) is 16.1 Å². The largest absolute Gasteiger partial charge is 0.456 e. The number of hydrogen-bond acceptors (Lipinski definition) is 7. The Balaban J connectivity index is 1.33. The summed E-state index contributed by atoms with van der Waals surface area (Å²) in [4.78, 5) is 60.0. The van der Waals surface area contributed by atoms with Crippen molar-refractivity contribution >= 4 is 35.1 Å². The summed E-state index contributed by atoms with van der Waals surface area (Å²) in [5.41, 5.74) is 1.40. The number of imide groups is 1. The molecule has 0 fully saturated rings. The van der Waals surface area contributed by atoms with Crippen LogP contribution >= 0.6 is 0 Å². The second-order valence-electron chi connectivity index (χ2n) is 7.59. The molecular weight excluding hydrogens is 430 g/mol. The van der Waals surface area contributed by atoms with Gasteiger partial charge in [0.1, 0.15) is 0 Å². The molecule has 0 aromatic heterocycles. The molecule has 1 aliphatic heterocycles. The number of nitrogens with zero attached hydrogens (tertiary/aromatic N) is 2. The maximum absolute atomic E-state index is 12.3. The number of hydrogen-bond donors (Lipinski definition) is 1. The normalized spacial score (nSPS) is 12.5. The van der Waals surface area contributed by atoms with E-state index in [9.17, 15) is 29.3 Å². The van der Waals surface area contributed by atoms with Crippen molar-refractivity contribution in [2.24, 2.45) is 0 Å². The van der Waals surface area contributed by atoms with Crippen molar-refractivity contribution in [1.82, 2.24) is 4.90 Å². The van der Waals surface area contributed by atoms with Gasteiger partial charge in [-0.1, -0.05) is 24.6 Å². The fourth-order valence-electron chi connectivity index (χ4n) is 3.46. The first-order chi connectivity index (χ1) is 15.8. The highest BCUT2D eigenvalue weighted by Gasteiger charge is 2.34. The number of rotatable bonds is 10. The van der Waals surface area contributed by atoms with Gasteiger partial charge in [0, 0.05) is 30.3 Å². The molecule has 10 heteroatoms. The minimum Gasteiger partial charge on any atom is -0.456 e. The Labute approximate surface area is 189 Å². The molecule has 0 atom stereocenters. The number of carbonyl (C=O) groups is 4. The van der Waals surface area contributed by atoms with Gasteiger partial charge in [-0.2, -0.15) is 0 Å². The fraction of sp³-hybridized carbons (Fsp3) is 0.304. The molecule has 3 rings (SSSR count). The van der Waals surface area contributed by atoms with Crippen LogP contribution in [0.25, 0.3) is 0 Å². The van der Waals surface area contributed by atoms with Crippen molar-refractivity contribution in [1.29, 1.82) is 0 Å². The third-order valence-electron chi connectivity index (χ3n) is 5.19. The summed E-state index contributed by atoms with van der Waals surface area (Å²) in [5, 5.41) is 13.4. The molecule has 1 N–H and O–H groups in total. The summed E-state index contributed by atoms with van der Waals surface area (Å²) in [6.45, 7) is 1.35. The topological polar surface area (TPSA) is 136 Å². The van der Waals surface area contributed by atoms with Crippen molar-refractivity contribution < 1.29 is 28.8 Å². The Bertz CT molecular complexity index is 1080. The number of amides is 3. The van der Waals surface area contributed by atoms with E-state index < -0.39 is 23.4 Å². The van der Waals surface area contributed by atoms with Crippen LogP contribution in [-0.2, 0) is 14.3 Å². The number of ether oxygens (including phenoxy) is 1. The lowest BCUT2D eigenvalue weighted by atomic mass is 10.1. The van der Waals surface area contributed by atoms with E-state index >= 15 is 0 Å². The zero-order valence-electron chi connectivity index (χ0n) is 18.0. The molecule has 33 heavy (non-hydrogen) atoms. The molecule has 0 saturated heterocycles. The number of fused-ring (bicyclic) bond motifs is 1. The lowest BCUT2D eigenvalue weighted by molar-refractivity contribution is -0.385. The van der Waals surface area contributed by atoms with Crippen LogP contribution in [0.5, 0.6) is 0 Å². The molecule has 0 spiro atoms. The number of nitro benzene ring substituents is 1. The summed E-state index contributed by atoms with van der Waals surface area (Å²) < 4.78 is 4.93. The minimum absolute atomic E-state index is 0.0887. The van der Waals surface area contributed by atoms with Crippen LogP contribution in [0.15, 0.2) is 42.5 Å². The number of carbonyl (C=O) groups excluding carboxylic acids is 4. The number of anilines is 1. The van der Waals surface area contributed by atoms with Crippen LogP contribution in [0.3, 0.4) is 0 Å². The lowest BCUT2D eigenvalue weighted by Gasteiger charge is -2.13. The summed E-state index contributed by atoms with van der Waals surface area (Å²) in [5.74, 6) is -1.77. The van der Waals surface area contributed by atoms with E-state index in [0.29, 0.717) is 36.0 Å². The van der Waals surface area contributed by atoms with E-state index in [-0.39, 0.29) is 36.2 Å². The number of nitrogens with one attached hydrogen (secondary N) is 1. The number of benzene rings is 2. The number of esters is 1. The highest BCUT2D eigenvalue weighted by Crippen LogP contribution is 2.23. The Hall–Kier alpha value is -4.08. The standard InChI is InChI=1S/C23H23N3O7/c1-15-10-11-16(13-19(15)26(31)32)24-20(27)14-33-21(28)9-3-2-6-12-25-22(29)17-7-4-5-8-18(17)23(25)30/h4-5,7-8,10-11,13H,2-3,6,9,12,14H2,1H3,(H,24,27). The van der Waals surface area contributed by atoms with Gasteiger partial charge in [-0.3, -0.25) is 34.2 Å². The van der Waals surface area contributed by atoms with Crippen LogP contribution in [0.1, 0.15) is 52.0 Å². The molecule has 0 unspecified atom stereocenters. The molecular formula is C23H23N3O7. The second kappa shape index (κ2) is 10.5.